The number of benzene rings is 2. The van der Waals surface area contributed by atoms with E-state index >= 15 is 0 Å². The van der Waals surface area contributed by atoms with Gasteiger partial charge in [-0.15, -0.1) is 10.2 Å². The van der Waals surface area contributed by atoms with E-state index in [0.717, 1.165) is 43.0 Å². The van der Waals surface area contributed by atoms with Crippen LogP contribution < -0.4 is 10.1 Å². The van der Waals surface area contributed by atoms with Crippen molar-refractivity contribution in [2.45, 2.75) is 37.1 Å². The highest BCUT2D eigenvalue weighted by molar-refractivity contribution is 7.89. The molecular formula is C27H31N5O5S. The number of morpholine rings is 1. The molecule has 2 aromatic carbocycles. The summed E-state index contributed by atoms with van der Waals surface area (Å²) in [5.41, 5.74) is 2.16. The Balaban J connectivity index is 1.27. The van der Waals surface area contributed by atoms with E-state index < -0.39 is 10.0 Å². The predicted molar refractivity (Wildman–Crippen MR) is 143 cm³/mol. The Kier molecular flexibility index (Phi) is 7.87. The standard InChI is InChI=1S/C27H31N5O5S/c1-36-23-12-6-20(19-24(23)38(34,35)31-15-17-37-18-16-31)7-13-26(33)28-22-10-8-21(9-11-22)27-30-29-25-5-3-2-4-14-32(25)27/h6-13,19H,2-5,14-18H2,1H3,(H,28,33)/b13-7+. The van der Waals surface area contributed by atoms with Gasteiger partial charge in [-0.1, -0.05) is 12.5 Å². The number of anilines is 1. The number of hydrogen-bond donors (Lipinski definition) is 1. The zero-order valence-corrected chi connectivity index (χ0v) is 22.1. The van der Waals surface area contributed by atoms with Crippen LogP contribution >= 0.6 is 0 Å². The molecule has 1 N–H and O–H groups in total. The Morgan fingerprint density at radius 3 is 2.58 bits per heavy atom. The van der Waals surface area contributed by atoms with E-state index in [0.29, 0.717) is 24.5 Å². The summed E-state index contributed by atoms with van der Waals surface area (Å²) in [4.78, 5) is 12.7. The zero-order valence-electron chi connectivity index (χ0n) is 21.3. The Hall–Kier alpha value is -3.54. The molecule has 1 aromatic heterocycles. The molecule has 1 amide bonds. The van der Waals surface area contributed by atoms with E-state index in [-0.39, 0.29) is 29.6 Å². The molecule has 0 radical (unpaired) electrons. The Morgan fingerprint density at radius 1 is 1.03 bits per heavy atom. The van der Waals surface area contributed by atoms with Gasteiger partial charge in [0.05, 0.1) is 20.3 Å². The molecule has 2 aliphatic heterocycles. The van der Waals surface area contributed by atoms with Gasteiger partial charge in [-0.05, 0) is 60.9 Å². The molecule has 38 heavy (non-hydrogen) atoms. The van der Waals surface area contributed by atoms with E-state index in [4.69, 9.17) is 9.47 Å². The highest BCUT2D eigenvalue weighted by atomic mass is 32.2. The summed E-state index contributed by atoms with van der Waals surface area (Å²) in [6, 6.07) is 12.3. The average Bonchev–Trinajstić information content (AvgIpc) is 3.20. The number of nitrogens with zero attached hydrogens (tertiary/aromatic N) is 4. The molecule has 200 valence electrons. The maximum Gasteiger partial charge on any atom is 0.248 e. The van der Waals surface area contributed by atoms with Crippen molar-refractivity contribution in [1.29, 1.82) is 0 Å². The van der Waals surface area contributed by atoms with Crippen LogP contribution in [0.3, 0.4) is 0 Å². The van der Waals surface area contributed by atoms with Crippen molar-refractivity contribution in [2.75, 3.05) is 38.7 Å². The molecule has 10 nitrogen and oxygen atoms in total. The Morgan fingerprint density at radius 2 is 1.82 bits per heavy atom. The van der Waals surface area contributed by atoms with Crippen LogP contribution in [0.4, 0.5) is 5.69 Å². The first-order chi connectivity index (χ1) is 18.5. The fourth-order valence-corrected chi connectivity index (χ4v) is 6.28. The monoisotopic (exact) mass is 537 g/mol. The topological polar surface area (TPSA) is 116 Å². The summed E-state index contributed by atoms with van der Waals surface area (Å²) in [7, 11) is -2.33. The number of methoxy groups -OCH3 is 1. The van der Waals surface area contributed by atoms with Gasteiger partial charge in [-0.3, -0.25) is 4.79 Å². The average molecular weight is 538 g/mol. The zero-order chi connectivity index (χ0) is 26.5. The normalized spacial score (nSPS) is 16.7. The third-order valence-corrected chi connectivity index (χ3v) is 8.64. The van der Waals surface area contributed by atoms with Crippen LogP contribution in [0, 0.1) is 0 Å². The van der Waals surface area contributed by atoms with E-state index in [2.05, 4.69) is 20.1 Å². The summed E-state index contributed by atoms with van der Waals surface area (Å²) >= 11 is 0. The minimum atomic E-state index is -3.76. The van der Waals surface area contributed by atoms with E-state index in [1.54, 1.807) is 18.2 Å². The first kappa shape index (κ1) is 26.1. The third kappa shape index (κ3) is 5.64. The minimum Gasteiger partial charge on any atom is -0.495 e. The van der Waals surface area contributed by atoms with Gasteiger partial charge in [0.25, 0.3) is 0 Å². The van der Waals surface area contributed by atoms with Gasteiger partial charge < -0.3 is 19.4 Å². The van der Waals surface area contributed by atoms with Crippen LogP contribution in [-0.4, -0.2) is 66.8 Å². The van der Waals surface area contributed by atoms with Crippen molar-refractivity contribution in [3.8, 4) is 17.1 Å². The molecule has 0 unspecified atom stereocenters. The molecule has 3 aromatic rings. The summed E-state index contributed by atoms with van der Waals surface area (Å²) in [5, 5.41) is 11.6. The van der Waals surface area contributed by atoms with Crippen molar-refractivity contribution in [3.63, 3.8) is 0 Å². The van der Waals surface area contributed by atoms with Crippen LogP contribution in [0.1, 0.15) is 30.7 Å². The molecule has 0 spiro atoms. The summed E-state index contributed by atoms with van der Waals surface area (Å²) < 4.78 is 40.5. The van der Waals surface area contributed by atoms with E-state index in [1.807, 2.05) is 24.3 Å². The van der Waals surface area contributed by atoms with Crippen LogP contribution in [0.25, 0.3) is 17.5 Å². The molecule has 0 aliphatic carbocycles. The first-order valence-corrected chi connectivity index (χ1v) is 14.2. The summed E-state index contributed by atoms with van der Waals surface area (Å²) in [5.74, 6) is 1.80. The number of aryl methyl sites for hydroxylation is 1. The van der Waals surface area contributed by atoms with Crippen molar-refractivity contribution in [3.05, 3.63) is 59.9 Å². The number of carbonyl (C=O) groups excluding carboxylic acids is 1. The molecular weight excluding hydrogens is 506 g/mol. The summed E-state index contributed by atoms with van der Waals surface area (Å²) in [6.07, 6.45) is 7.35. The lowest BCUT2D eigenvalue weighted by Crippen LogP contribution is -2.40. The second-order valence-corrected chi connectivity index (χ2v) is 11.1. The highest BCUT2D eigenvalue weighted by Crippen LogP contribution is 2.29. The molecule has 5 rings (SSSR count). The number of rotatable bonds is 7. The molecule has 0 saturated carbocycles. The second-order valence-electron chi connectivity index (χ2n) is 9.23. The van der Waals surface area contributed by atoms with Gasteiger partial charge in [0.1, 0.15) is 16.5 Å². The van der Waals surface area contributed by atoms with E-state index in [9.17, 15) is 13.2 Å². The molecule has 1 fully saturated rings. The van der Waals surface area contributed by atoms with E-state index in [1.165, 1.54) is 30.0 Å². The number of aromatic nitrogens is 3. The van der Waals surface area contributed by atoms with Crippen LogP contribution in [-0.2, 0) is 32.5 Å². The number of sulfonamides is 1. The fourth-order valence-electron chi connectivity index (χ4n) is 4.68. The number of hydrogen-bond acceptors (Lipinski definition) is 7. The van der Waals surface area contributed by atoms with Crippen molar-refractivity contribution in [2.24, 2.45) is 0 Å². The van der Waals surface area contributed by atoms with Gasteiger partial charge in [-0.25, -0.2) is 8.42 Å². The van der Waals surface area contributed by atoms with Crippen molar-refractivity contribution in [1.82, 2.24) is 19.1 Å². The largest absolute Gasteiger partial charge is 0.495 e. The van der Waals surface area contributed by atoms with Gasteiger partial charge in [0.15, 0.2) is 5.82 Å². The fraction of sp³-hybridized carbons (Fsp3) is 0.370. The van der Waals surface area contributed by atoms with Crippen molar-refractivity contribution >= 4 is 27.7 Å². The predicted octanol–water partition coefficient (Wildman–Crippen LogP) is 3.35. The lowest BCUT2D eigenvalue weighted by molar-refractivity contribution is -0.111. The van der Waals surface area contributed by atoms with Gasteiger partial charge in [0.2, 0.25) is 15.9 Å². The quantitative estimate of drug-likeness (QED) is 0.460. The number of ether oxygens (including phenoxy) is 2. The minimum absolute atomic E-state index is 0.0615. The van der Waals surface area contributed by atoms with Gasteiger partial charge in [0, 0.05) is 43.4 Å². The molecule has 11 heteroatoms. The number of nitrogens with one attached hydrogen (secondary N) is 1. The van der Waals surface area contributed by atoms with Gasteiger partial charge >= 0.3 is 0 Å². The van der Waals surface area contributed by atoms with Crippen molar-refractivity contribution < 1.29 is 22.7 Å². The van der Waals surface area contributed by atoms with Gasteiger partial charge in [-0.2, -0.15) is 4.31 Å². The van der Waals surface area contributed by atoms with Crippen LogP contribution in [0.5, 0.6) is 5.75 Å². The van der Waals surface area contributed by atoms with Crippen LogP contribution in [0.2, 0.25) is 0 Å². The molecule has 0 atom stereocenters. The lowest BCUT2D eigenvalue weighted by Gasteiger charge is -2.26. The first-order valence-electron chi connectivity index (χ1n) is 12.7. The Bertz CT molecular complexity index is 1430. The maximum atomic E-state index is 13.2. The molecule has 3 heterocycles. The highest BCUT2D eigenvalue weighted by Gasteiger charge is 2.29. The lowest BCUT2D eigenvalue weighted by atomic mass is 10.2. The summed E-state index contributed by atoms with van der Waals surface area (Å²) in [6.45, 7) is 2.19. The molecule has 1 saturated heterocycles. The number of fused-ring (bicyclic) bond motifs is 1. The molecule has 0 bridgehead atoms. The third-order valence-electron chi connectivity index (χ3n) is 6.72. The number of amides is 1. The SMILES string of the molecule is COc1ccc(/C=C/C(=O)Nc2ccc(-c3nnc4n3CCCCC4)cc2)cc1S(=O)(=O)N1CCOCC1. The smallest absolute Gasteiger partial charge is 0.248 e. The number of carbonyl (C=O) groups is 1. The molecule has 2 aliphatic rings. The second kappa shape index (κ2) is 11.5. The Labute approximate surface area is 222 Å². The van der Waals surface area contributed by atoms with Crippen LogP contribution in [0.15, 0.2) is 53.4 Å². The maximum absolute atomic E-state index is 13.2.